The van der Waals surface area contributed by atoms with E-state index in [1.165, 1.54) is 39.5 Å². The first-order valence-corrected chi connectivity index (χ1v) is 14.9. The van der Waals surface area contributed by atoms with Gasteiger partial charge in [0.2, 0.25) is 5.78 Å². The number of ether oxygens (including phenoxy) is 5. The minimum atomic E-state index is -1.18. The average Bonchev–Trinajstić information content (AvgIpc) is 3.27. The van der Waals surface area contributed by atoms with E-state index in [2.05, 4.69) is 0 Å². The molecule has 3 aliphatic rings. The van der Waals surface area contributed by atoms with Crippen molar-refractivity contribution in [2.75, 3.05) is 21.3 Å². The molecule has 1 aliphatic heterocycles. The highest BCUT2D eigenvalue weighted by Gasteiger charge is 2.58. The second-order valence-electron chi connectivity index (χ2n) is 12.8. The number of carbonyl (C=O) groups is 3. The molecule has 2 aliphatic carbocycles. The highest BCUT2D eigenvalue weighted by Crippen LogP contribution is 2.56. The molecule has 47 heavy (non-hydrogen) atoms. The van der Waals surface area contributed by atoms with Gasteiger partial charge in [-0.05, 0) is 63.1 Å². The number of ketones is 3. The monoisotopic (exact) mass is 640 g/mol. The number of hydrogen-bond donors (Lipinski definition) is 3. The van der Waals surface area contributed by atoms with Gasteiger partial charge in [0, 0.05) is 34.6 Å². The standard InChI is InChI=1S/C36H32O11/c1-14-8-17-24(20(37)9-14)30(39)26-18(29(17)38)12-22(45-7)28(32(26)41)23-16-10-15(43-5)11-21(44-6)25(16)31(40)27-19(23)13-36(4)34(33(27)42)46-35(2,3)47-36/h8-12,34,37,40-41H,13H2,1-7H3/t34-,36+/m1/s1. The second-order valence-corrected chi connectivity index (χ2v) is 12.8. The van der Waals surface area contributed by atoms with Crippen molar-refractivity contribution in [3.63, 3.8) is 0 Å². The number of aryl methyl sites for hydroxylation is 1. The van der Waals surface area contributed by atoms with Gasteiger partial charge in [0.1, 0.15) is 40.1 Å². The van der Waals surface area contributed by atoms with E-state index < -0.39 is 46.3 Å². The topological polar surface area (TPSA) is 158 Å². The maximum absolute atomic E-state index is 14.3. The molecule has 0 aromatic heterocycles. The van der Waals surface area contributed by atoms with Crippen molar-refractivity contribution in [3.05, 3.63) is 69.3 Å². The van der Waals surface area contributed by atoms with E-state index >= 15 is 0 Å². The number of Topliss-reactive ketones (excluding diaryl/α,β-unsaturated/α-hetero) is 1. The van der Waals surface area contributed by atoms with Gasteiger partial charge >= 0.3 is 0 Å². The molecule has 11 nitrogen and oxygen atoms in total. The van der Waals surface area contributed by atoms with Crippen LogP contribution in [0.5, 0.6) is 34.5 Å². The molecular formula is C36H32O11. The zero-order valence-corrected chi connectivity index (χ0v) is 26.8. The molecule has 4 aromatic rings. The van der Waals surface area contributed by atoms with Gasteiger partial charge in [0.05, 0.1) is 49.0 Å². The van der Waals surface area contributed by atoms with Crippen LogP contribution in [0, 0.1) is 6.92 Å². The number of phenols is 3. The van der Waals surface area contributed by atoms with Gasteiger partial charge in [0.25, 0.3) is 0 Å². The molecule has 242 valence electrons. The fourth-order valence-electron chi connectivity index (χ4n) is 7.49. The van der Waals surface area contributed by atoms with Crippen LogP contribution in [0.4, 0.5) is 0 Å². The Bertz CT molecular complexity index is 2130. The lowest BCUT2D eigenvalue weighted by Gasteiger charge is -2.36. The number of carbonyl (C=O) groups excluding carboxylic acids is 3. The molecule has 1 fully saturated rings. The summed E-state index contributed by atoms with van der Waals surface area (Å²) in [5.41, 5.74) is -0.874. The van der Waals surface area contributed by atoms with Gasteiger partial charge in [-0.3, -0.25) is 14.4 Å². The van der Waals surface area contributed by atoms with Crippen LogP contribution in [0.15, 0.2) is 30.3 Å². The fourth-order valence-corrected chi connectivity index (χ4v) is 7.49. The summed E-state index contributed by atoms with van der Waals surface area (Å²) in [6.07, 6.45) is -1.03. The third kappa shape index (κ3) is 4.09. The van der Waals surface area contributed by atoms with E-state index in [4.69, 9.17) is 23.7 Å². The molecule has 0 amide bonds. The zero-order valence-electron chi connectivity index (χ0n) is 26.8. The Morgan fingerprint density at radius 1 is 0.745 bits per heavy atom. The Morgan fingerprint density at radius 3 is 2.09 bits per heavy atom. The van der Waals surface area contributed by atoms with Crippen molar-refractivity contribution in [1.82, 2.24) is 0 Å². The number of fused-ring (bicyclic) bond motifs is 5. The summed E-state index contributed by atoms with van der Waals surface area (Å²) in [5, 5.41) is 35.2. The van der Waals surface area contributed by atoms with Crippen molar-refractivity contribution < 1.29 is 53.4 Å². The molecule has 7 rings (SSSR count). The SMILES string of the molecule is COc1cc(OC)c2c(O)c3c(c(-c4c(OC)cc5c(c4O)C(=O)c4c(O)cc(C)cc4C5=O)c2c1)C[C@]1(C)OC(C)(C)O[C@@H]1C3=O. The Balaban J connectivity index is 1.63. The molecular weight excluding hydrogens is 608 g/mol. The molecule has 0 bridgehead atoms. The van der Waals surface area contributed by atoms with Crippen molar-refractivity contribution in [2.24, 2.45) is 0 Å². The molecule has 0 spiro atoms. The Labute approximate surface area is 269 Å². The first-order valence-electron chi connectivity index (χ1n) is 14.9. The van der Waals surface area contributed by atoms with Gasteiger partial charge < -0.3 is 39.0 Å². The van der Waals surface area contributed by atoms with Crippen molar-refractivity contribution in [3.8, 4) is 45.6 Å². The minimum absolute atomic E-state index is 0.00157. The molecule has 1 heterocycles. The summed E-state index contributed by atoms with van der Waals surface area (Å²) >= 11 is 0. The first kappa shape index (κ1) is 30.5. The first-order chi connectivity index (χ1) is 22.2. The minimum Gasteiger partial charge on any atom is -0.507 e. The molecule has 11 heteroatoms. The maximum Gasteiger partial charge on any atom is 0.201 e. The third-order valence-corrected chi connectivity index (χ3v) is 9.27. The molecule has 0 unspecified atom stereocenters. The number of hydrogen-bond acceptors (Lipinski definition) is 11. The number of rotatable bonds is 4. The van der Waals surface area contributed by atoms with Crippen LogP contribution in [-0.4, -0.2) is 71.5 Å². The van der Waals surface area contributed by atoms with Crippen molar-refractivity contribution in [1.29, 1.82) is 0 Å². The van der Waals surface area contributed by atoms with Crippen LogP contribution in [0.25, 0.3) is 21.9 Å². The normalized spacial score (nSPS) is 20.8. The third-order valence-electron chi connectivity index (χ3n) is 9.27. The van der Waals surface area contributed by atoms with Crippen LogP contribution in [0.3, 0.4) is 0 Å². The van der Waals surface area contributed by atoms with E-state index in [9.17, 15) is 29.7 Å². The Kier molecular flexibility index (Phi) is 6.45. The summed E-state index contributed by atoms with van der Waals surface area (Å²) in [6.45, 7) is 6.80. The van der Waals surface area contributed by atoms with Crippen molar-refractivity contribution in [2.45, 2.75) is 51.6 Å². The highest BCUT2D eigenvalue weighted by molar-refractivity contribution is 6.31. The van der Waals surface area contributed by atoms with E-state index in [1.807, 2.05) is 0 Å². The Morgan fingerprint density at radius 2 is 1.43 bits per heavy atom. The summed E-state index contributed by atoms with van der Waals surface area (Å²) in [4.78, 5) is 42.1. The van der Waals surface area contributed by atoms with Gasteiger partial charge in [-0.15, -0.1) is 0 Å². The summed E-state index contributed by atoms with van der Waals surface area (Å²) < 4.78 is 29.3. The van der Waals surface area contributed by atoms with E-state index in [1.54, 1.807) is 39.8 Å². The lowest BCUT2D eigenvalue weighted by atomic mass is 9.73. The number of benzene rings is 4. The van der Waals surface area contributed by atoms with Crippen LogP contribution >= 0.6 is 0 Å². The number of aromatic hydroxyl groups is 3. The fraction of sp³-hybridized carbons (Fsp3) is 0.306. The van der Waals surface area contributed by atoms with Gasteiger partial charge in [-0.2, -0.15) is 0 Å². The molecule has 0 radical (unpaired) electrons. The van der Waals surface area contributed by atoms with E-state index in [0.717, 1.165) is 0 Å². The smallest absolute Gasteiger partial charge is 0.201 e. The quantitative estimate of drug-likeness (QED) is 0.232. The molecule has 1 saturated heterocycles. The van der Waals surface area contributed by atoms with Crippen LogP contribution in [0.1, 0.15) is 74.1 Å². The molecule has 0 saturated carbocycles. The summed E-state index contributed by atoms with van der Waals surface area (Å²) in [5.74, 6) is -3.87. The predicted octanol–water partition coefficient (Wildman–Crippen LogP) is 5.38. The van der Waals surface area contributed by atoms with Crippen LogP contribution in [0.2, 0.25) is 0 Å². The van der Waals surface area contributed by atoms with Gasteiger partial charge in [0.15, 0.2) is 23.5 Å². The summed E-state index contributed by atoms with van der Waals surface area (Å²) in [6, 6.07) is 7.39. The highest BCUT2D eigenvalue weighted by atomic mass is 16.8. The lowest BCUT2D eigenvalue weighted by molar-refractivity contribution is -0.158. The van der Waals surface area contributed by atoms with Gasteiger partial charge in [-0.25, -0.2) is 0 Å². The van der Waals surface area contributed by atoms with Crippen LogP contribution < -0.4 is 14.2 Å². The molecule has 4 aromatic carbocycles. The lowest BCUT2D eigenvalue weighted by Crippen LogP contribution is -2.48. The zero-order chi connectivity index (χ0) is 33.9. The number of phenolic OH excluding ortho intramolecular Hbond substituents is 3. The molecule has 3 N–H and O–H groups in total. The second kappa shape index (κ2) is 9.93. The van der Waals surface area contributed by atoms with E-state index in [-0.39, 0.29) is 73.6 Å². The Hall–Kier alpha value is -5.13. The average molecular weight is 641 g/mol. The largest absolute Gasteiger partial charge is 0.507 e. The van der Waals surface area contributed by atoms with E-state index in [0.29, 0.717) is 16.7 Å². The molecule has 2 atom stereocenters. The maximum atomic E-state index is 14.3. The summed E-state index contributed by atoms with van der Waals surface area (Å²) in [7, 11) is 4.19. The van der Waals surface area contributed by atoms with Crippen molar-refractivity contribution >= 4 is 28.1 Å². The van der Waals surface area contributed by atoms with Crippen LogP contribution in [-0.2, 0) is 15.9 Å². The predicted molar refractivity (Wildman–Crippen MR) is 169 cm³/mol. The van der Waals surface area contributed by atoms with Gasteiger partial charge in [-0.1, -0.05) is 0 Å². The number of methoxy groups -OCH3 is 3.